The van der Waals surface area contributed by atoms with Crippen molar-refractivity contribution in [2.45, 2.75) is 44.6 Å². The number of aromatic nitrogens is 1. The van der Waals surface area contributed by atoms with Crippen molar-refractivity contribution in [1.82, 2.24) is 8.87 Å². The average Bonchev–Trinajstić information content (AvgIpc) is 2.93. The van der Waals surface area contributed by atoms with Crippen molar-refractivity contribution in [3.05, 3.63) is 29.5 Å². The molecule has 1 saturated carbocycles. The molecule has 1 aliphatic carbocycles. The molecule has 0 amide bonds. The number of nitrogens with zero attached hydrogens (tertiary/aromatic N) is 2. The van der Waals surface area contributed by atoms with Gasteiger partial charge >= 0.3 is 20.7 Å². The van der Waals surface area contributed by atoms with E-state index in [0.717, 1.165) is 41.9 Å². The normalized spacial score (nSPS) is 30.8. The Morgan fingerprint density at radius 3 is 2.60 bits per heavy atom. The first-order chi connectivity index (χ1) is 14.1. The van der Waals surface area contributed by atoms with E-state index in [1.54, 1.807) is 0 Å². The number of benzene rings is 1. The average molecular weight is 457 g/mol. The van der Waals surface area contributed by atoms with Gasteiger partial charge in [-0.3, -0.25) is 14.0 Å². The molecule has 0 radical (unpaired) electrons. The van der Waals surface area contributed by atoms with Gasteiger partial charge in [0.05, 0.1) is 5.52 Å². The molecule has 6 rings (SSSR count). The van der Waals surface area contributed by atoms with Crippen molar-refractivity contribution in [2.24, 2.45) is 11.8 Å². The van der Waals surface area contributed by atoms with Gasteiger partial charge in [-0.05, 0) is 54.9 Å². The Bertz CT molecular complexity index is 1240. The van der Waals surface area contributed by atoms with Gasteiger partial charge < -0.3 is 4.18 Å². The van der Waals surface area contributed by atoms with Crippen LogP contribution in [0.1, 0.15) is 43.4 Å². The molecule has 5 atom stereocenters. The van der Waals surface area contributed by atoms with Crippen molar-refractivity contribution < 1.29 is 30.1 Å². The summed E-state index contributed by atoms with van der Waals surface area (Å²) in [4.78, 5) is 2.45. The minimum absolute atomic E-state index is 0.0276. The van der Waals surface area contributed by atoms with Crippen LogP contribution in [-0.4, -0.2) is 53.9 Å². The van der Waals surface area contributed by atoms with Crippen LogP contribution in [0.4, 0.5) is 0 Å². The SMILES string of the molecule is CC[C@H]1C[C@@H]2C[C@H]3c4c(c5cc(OS(=O)(=O)O)ccc5n4S(=O)(=O)O)CCN(C2)[C@@H]13. The Labute approximate surface area is 175 Å². The fourth-order valence-corrected chi connectivity index (χ4v) is 7.46. The fraction of sp³-hybridized carbons (Fsp3) is 0.579. The summed E-state index contributed by atoms with van der Waals surface area (Å²) < 4.78 is 72.0. The van der Waals surface area contributed by atoms with E-state index in [2.05, 4.69) is 16.0 Å². The Hall–Kier alpha value is -1.66. The first kappa shape index (κ1) is 20.3. The molecular formula is C19H24N2O7S2. The summed E-state index contributed by atoms with van der Waals surface area (Å²) >= 11 is 0. The summed E-state index contributed by atoms with van der Waals surface area (Å²) in [5.74, 6) is 0.822. The molecule has 4 heterocycles. The standard InChI is InChI=1S/C19H24N2O7S2/c1-2-12-7-11-8-16-18(12)20(10-11)6-5-14-15-9-13(28-30(25,26)27)3-4-17(15)21(19(14)16)29(22,23)24/h3-4,9,11-12,16,18H,2,5-8,10H2,1H3,(H,22,23,24)(H,25,26,27)/t11-,12+,16-,18+/m1/s1. The van der Waals surface area contributed by atoms with E-state index in [9.17, 15) is 21.4 Å². The lowest BCUT2D eigenvalue weighted by molar-refractivity contribution is -0.0137. The zero-order valence-corrected chi connectivity index (χ0v) is 18.1. The van der Waals surface area contributed by atoms with Crippen LogP contribution < -0.4 is 4.18 Å². The largest absolute Gasteiger partial charge is 0.446 e. The van der Waals surface area contributed by atoms with E-state index in [1.165, 1.54) is 18.2 Å². The maximum absolute atomic E-state index is 12.5. The molecule has 1 unspecified atom stereocenters. The second-order valence-corrected chi connectivity index (χ2v) is 10.9. The van der Waals surface area contributed by atoms with Crippen LogP contribution in [0.25, 0.3) is 10.9 Å². The van der Waals surface area contributed by atoms with Gasteiger partial charge in [0.25, 0.3) is 0 Å². The van der Waals surface area contributed by atoms with Crippen molar-refractivity contribution >= 4 is 31.6 Å². The van der Waals surface area contributed by atoms with Crippen molar-refractivity contribution in [2.75, 3.05) is 13.1 Å². The van der Waals surface area contributed by atoms with E-state index in [1.807, 2.05) is 0 Å². The molecule has 11 heteroatoms. The van der Waals surface area contributed by atoms with Crippen LogP contribution in [0, 0.1) is 11.8 Å². The van der Waals surface area contributed by atoms with Crippen molar-refractivity contribution in [3.8, 4) is 5.75 Å². The van der Waals surface area contributed by atoms with E-state index < -0.39 is 20.7 Å². The lowest BCUT2D eigenvalue weighted by atomic mass is 9.65. The highest BCUT2D eigenvalue weighted by Crippen LogP contribution is 2.52. The molecule has 30 heavy (non-hydrogen) atoms. The van der Waals surface area contributed by atoms with E-state index >= 15 is 0 Å². The third kappa shape index (κ3) is 3.14. The monoisotopic (exact) mass is 456 g/mol. The van der Waals surface area contributed by atoms with Gasteiger partial charge in [-0.25, -0.2) is 3.97 Å². The molecule has 4 bridgehead atoms. The third-order valence-electron chi connectivity index (χ3n) is 7.03. The van der Waals surface area contributed by atoms with E-state index in [-0.39, 0.29) is 23.2 Å². The second kappa shape index (κ2) is 6.67. The fourth-order valence-electron chi connectivity index (χ4n) is 6.21. The van der Waals surface area contributed by atoms with Gasteiger partial charge in [-0.15, -0.1) is 0 Å². The quantitative estimate of drug-likeness (QED) is 0.671. The Morgan fingerprint density at radius 1 is 1.17 bits per heavy atom. The van der Waals surface area contributed by atoms with Gasteiger partial charge in [0, 0.05) is 36.1 Å². The lowest BCUT2D eigenvalue weighted by Gasteiger charge is -2.53. The van der Waals surface area contributed by atoms with Gasteiger partial charge in [0.1, 0.15) is 5.75 Å². The van der Waals surface area contributed by atoms with E-state index in [0.29, 0.717) is 29.3 Å². The maximum Gasteiger partial charge on any atom is 0.446 e. The van der Waals surface area contributed by atoms with Crippen molar-refractivity contribution in [3.63, 3.8) is 0 Å². The summed E-state index contributed by atoms with van der Waals surface area (Å²) in [5, 5.41) is 0.515. The molecule has 4 aliphatic rings. The molecule has 164 valence electrons. The molecule has 9 nitrogen and oxygen atoms in total. The molecule has 2 N–H and O–H groups in total. The summed E-state index contributed by atoms with van der Waals surface area (Å²) in [6.07, 6.45) is 3.61. The van der Waals surface area contributed by atoms with Gasteiger partial charge in [-0.1, -0.05) is 13.3 Å². The number of piperidine rings is 2. The minimum atomic E-state index is -4.71. The van der Waals surface area contributed by atoms with Crippen LogP contribution in [0.15, 0.2) is 18.2 Å². The molecule has 0 spiro atoms. The molecule has 1 aromatic heterocycles. The zero-order chi connectivity index (χ0) is 21.4. The highest BCUT2D eigenvalue weighted by Gasteiger charge is 2.50. The predicted octanol–water partition coefficient (Wildman–Crippen LogP) is 2.23. The summed E-state index contributed by atoms with van der Waals surface area (Å²) in [5.41, 5.74) is 1.68. The summed E-state index contributed by atoms with van der Waals surface area (Å²) in [6.45, 7) is 3.94. The van der Waals surface area contributed by atoms with Crippen LogP contribution >= 0.6 is 0 Å². The first-order valence-corrected chi connectivity index (χ1v) is 12.9. The first-order valence-electron chi connectivity index (χ1n) is 10.1. The van der Waals surface area contributed by atoms with Gasteiger partial charge in [0.2, 0.25) is 0 Å². The van der Waals surface area contributed by atoms with E-state index in [4.69, 9.17) is 4.55 Å². The molecule has 3 fully saturated rings. The number of hydrogen-bond acceptors (Lipinski definition) is 6. The maximum atomic E-state index is 12.5. The Morgan fingerprint density at radius 2 is 1.93 bits per heavy atom. The number of fused-ring (bicyclic) bond motifs is 4. The topological polar surface area (TPSA) is 126 Å². The summed E-state index contributed by atoms with van der Waals surface area (Å²) in [7, 11) is -9.29. The van der Waals surface area contributed by atoms with Crippen LogP contribution in [0.5, 0.6) is 5.75 Å². The Balaban J connectivity index is 1.77. The highest BCUT2D eigenvalue weighted by atomic mass is 32.3. The van der Waals surface area contributed by atoms with Crippen molar-refractivity contribution in [1.29, 1.82) is 0 Å². The zero-order valence-electron chi connectivity index (χ0n) is 16.4. The van der Waals surface area contributed by atoms with Gasteiger partial charge in [-0.2, -0.15) is 16.8 Å². The molecular weight excluding hydrogens is 432 g/mol. The smallest absolute Gasteiger partial charge is 0.362 e. The molecule has 2 saturated heterocycles. The number of hydrogen-bond donors (Lipinski definition) is 2. The summed E-state index contributed by atoms with van der Waals surface area (Å²) in [6, 6.07) is 4.32. The molecule has 2 aromatic rings. The molecule has 1 aromatic carbocycles. The number of rotatable bonds is 4. The Kier molecular flexibility index (Phi) is 4.50. The molecule has 3 aliphatic heterocycles. The lowest BCUT2D eigenvalue weighted by Crippen LogP contribution is -2.56. The van der Waals surface area contributed by atoms with Crippen LogP contribution in [-0.2, 0) is 27.1 Å². The highest BCUT2D eigenvalue weighted by molar-refractivity contribution is 7.84. The van der Waals surface area contributed by atoms with Crippen LogP contribution in [0.3, 0.4) is 0 Å². The second-order valence-electron chi connectivity index (χ2n) is 8.64. The predicted molar refractivity (Wildman–Crippen MR) is 109 cm³/mol. The van der Waals surface area contributed by atoms with Gasteiger partial charge in [0.15, 0.2) is 0 Å². The third-order valence-corrected chi connectivity index (χ3v) is 8.29. The minimum Gasteiger partial charge on any atom is -0.362 e. The van der Waals surface area contributed by atoms with Crippen LogP contribution in [0.2, 0.25) is 0 Å².